The summed E-state index contributed by atoms with van der Waals surface area (Å²) in [5.74, 6) is 4.41. The van der Waals surface area contributed by atoms with E-state index in [-0.39, 0.29) is 11.6 Å². The summed E-state index contributed by atoms with van der Waals surface area (Å²) in [5, 5.41) is 0. The number of aryl methyl sites for hydroxylation is 3. The van der Waals surface area contributed by atoms with Gasteiger partial charge in [-0.25, -0.2) is 0 Å². The standard InChI is InChI=1S/C18H28O2.C10H12O.C9H12.C6H12O.C5H12.C2H6/c1-5-7-13(3)10-14(6-2)15-11-17(19-4)16-8-9-20-18(16)12-15;1-3-9-6-4-5-7-10(9)8(2)11;1-3-9-6-4-5-8(2)7-9;1-5(2)4-6(3)7;1-3-5-4-2;1-2/h11-14H,5-10H2,1-4H3;4-7H,3H2,1-2H3;4-7H,3H2,1-2H3;5H,4H2,1-3H3;3-5H2,1-2H3;1-2H3. The summed E-state index contributed by atoms with van der Waals surface area (Å²) in [6, 6.07) is 20.8. The molecule has 1 heterocycles. The third-order valence-corrected chi connectivity index (χ3v) is 9.12. The van der Waals surface area contributed by atoms with Crippen LogP contribution in [0.5, 0.6) is 11.5 Å². The van der Waals surface area contributed by atoms with Gasteiger partial charge in [-0.15, -0.1) is 0 Å². The van der Waals surface area contributed by atoms with Crippen LogP contribution in [0.3, 0.4) is 0 Å². The second-order valence-electron chi connectivity index (χ2n) is 14.6. The number of hydrogen-bond acceptors (Lipinski definition) is 4. The van der Waals surface area contributed by atoms with Crippen molar-refractivity contribution < 1.29 is 19.1 Å². The molecule has 2 unspecified atom stereocenters. The summed E-state index contributed by atoms with van der Waals surface area (Å²) in [6.07, 6.45) is 12.9. The molecule has 4 nitrogen and oxygen atoms in total. The van der Waals surface area contributed by atoms with Gasteiger partial charge in [-0.3, -0.25) is 4.79 Å². The summed E-state index contributed by atoms with van der Waals surface area (Å²) in [5.41, 5.74) is 7.40. The predicted molar refractivity (Wildman–Crippen MR) is 237 cm³/mol. The number of benzene rings is 3. The Hall–Kier alpha value is -3.40. The Balaban J connectivity index is 0. The first-order valence-electron chi connectivity index (χ1n) is 21.3. The third kappa shape index (κ3) is 23.4. The van der Waals surface area contributed by atoms with Gasteiger partial charge < -0.3 is 14.3 Å². The lowest BCUT2D eigenvalue weighted by Gasteiger charge is -2.21. The molecule has 54 heavy (non-hydrogen) atoms. The van der Waals surface area contributed by atoms with E-state index in [0.717, 1.165) is 60.8 Å². The number of carbonyl (C=O) groups is 2. The molecule has 3 aromatic rings. The molecule has 0 aromatic heterocycles. The van der Waals surface area contributed by atoms with Crippen molar-refractivity contribution in [3.63, 3.8) is 0 Å². The Morgan fingerprint density at radius 2 is 1.46 bits per heavy atom. The molecular formula is C50H82O4. The van der Waals surface area contributed by atoms with E-state index in [2.05, 4.69) is 91.8 Å². The highest BCUT2D eigenvalue weighted by molar-refractivity contribution is 5.95. The molecule has 2 atom stereocenters. The fourth-order valence-corrected chi connectivity index (χ4v) is 6.36. The van der Waals surface area contributed by atoms with Crippen LogP contribution in [0.15, 0.2) is 60.7 Å². The van der Waals surface area contributed by atoms with Crippen LogP contribution < -0.4 is 9.47 Å². The minimum absolute atomic E-state index is 0.155. The van der Waals surface area contributed by atoms with Gasteiger partial charge in [-0.05, 0) is 93.0 Å². The Morgan fingerprint density at radius 3 is 1.87 bits per heavy atom. The van der Waals surface area contributed by atoms with Crippen LogP contribution in [0.25, 0.3) is 0 Å². The number of unbranched alkanes of at least 4 members (excludes halogenated alkanes) is 2. The van der Waals surface area contributed by atoms with Crippen molar-refractivity contribution in [2.24, 2.45) is 11.8 Å². The van der Waals surface area contributed by atoms with Gasteiger partial charge in [0.1, 0.15) is 17.3 Å². The van der Waals surface area contributed by atoms with Gasteiger partial charge in [0.15, 0.2) is 5.78 Å². The smallest absolute Gasteiger partial charge is 0.160 e. The van der Waals surface area contributed by atoms with E-state index >= 15 is 0 Å². The maximum Gasteiger partial charge on any atom is 0.160 e. The van der Waals surface area contributed by atoms with E-state index in [9.17, 15) is 9.59 Å². The molecule has 0 radical (unpaired) electrons. The average Bonchev–Trinajstić information content (AvgIpc) is 3.64. The maximum atomic E-state index is 11.0. The number of fused-ring (bicyclic) bond motifs is 1. The topological polar surface area (TPSA) is 52.6 Å². The number of Topliss-reactive ketones (excluding diaryl/α,β-unsaturated/α-hetero) is 2. The number of rotatable bonds is 14. The third-order valence-electron chi connectivity index (χ3n) is 9.12. The number of ether oxygens (including phenoxy) is 2. The minimum Gasteiger partial charge on any atom is -0.496 e. The first-order valence-corrected chi connectivity index (χ1v) is 21.3. The Kier molecular flexibility index (Phi) is 32.2. The largest absolute Gasteiger partial charge is 0.496 e. The number of ketones is 2. The number of methoxy groups -OCH3 is 1. The van der Waals surface area contributed by atoms with Crippen molar-refractivity contribution in [3.05, 3.63) is 94.0 Å². The first kappa shape index (κ1) is 52.7. The van der Waals surface area contributed by atoms with E-state index in [1.807, 2.05) is 52.0 Å². The fourth-order valence-electron chi connectivity index (χ4n) is 6.36. The molecule has 0 saturated heterocycles. The highest BCUT2D eigenvalue weighted by atomic mass is 16.5. The van der Waals surface area contributed by atoms with Gasteiger partial charge in [-0.2, -0.15) is 0 Å². The minimum atomic E-state index is 0.155. The van der Waals surface area contributed by atoms with Crippen molar-refractivity contribution in [1.29, 1.82) is 0 Å². The van der Waals surface area contributed by atoms with Crippen LogP contribution >= 0.6 is 0 Å². The number of carbonyl (C=O) groups excluding carboxylic acids is 2. The normalized spacial score (nSPS) is 11.8. The molecule has 0 spiro atoms. The van der Waals surface area contributed by atoms with Crippen molar-refractivity contribution in [2.45, 2.75) is 173 Å². The second-order valence-corrected chi connectivity index (χ2v) is 14.6. The van der Waals surface area contributed by atoms with Gasteiger partial charge >= 0.3 is 0 Å². The van der Waals surface area contributed by atoms with Gasteiger partial charge in [0.25, 0.3) is 0 Å². The first-order chi connectivity index (χ1) is 25.8. The quantitative estimate of drug-likeness (QED) is 0.154. The highest BCUT2D eigenvalue weighted by Crippen LogP contribution is 2.39. The lowest BCUT2D eigenvalue weighted by Crippen LogP contribution is -2.05. The van der Waals surface area contributed by atoms with Crippen LogP contribution in [-0.4, -0.2) is 25.3 Å². The van der Waals surface area contributed by atoms with Gasteiger partial charge in [0.2, 0.25) is 0 Å². The zero-order valence-corrected chi connectivity index (χ0v) is 37.6. The van der Waals surface area contributed by atoms with Crippen molar-refractivity contribution in [3.8, 4) is 11.5 Å². The molecule has 3 aromatic carbocycles. The molecular weight excluding hydrogens is 665 g/mol. The van der Waals surface area contributed by atoms with E-state index < -0.39 is 0 Å². The summed E-state index contributed by atoms with van der Waals surface area (Å²) in [6.45, 7) is 29.8. The van der Waals surface area contributed by atoms with Gasteiger partial charge in [-0.1, -0.05) is 162 Å². The molecule has 0 aliphatic carbocycles. The van der Waals surface area contributed by atoms with E-state index in [0.29, 0.717) is 11.8 Å². The van der Waals surface area contributed by atoms with Crippen LogP contribution in [0.1, 0.15) is 185 Å². The SMILES string of the molecule is CC.CC(=O)CC(C)C.CCCC(C)CC(CC)c1cc(OC)c2c(c1)OCC2.CCCCC.CCc1cccc(C)c1.CCc1ccccc1C(C)=O. The van der Waals surface area contributed by atoms with Crippen molar-refractivity contribution >= 4 is 11.6 Å². The van der Waals surface area contributed by atoms with Crippen molar-refractivity contribution in [1.82, 2.24) is 0 Å². The molecule has 1 aliphatic rings. The summed E-state index contributed by atoms with van der Waals surface area (Å²) in [7, 11) is 1.76. The van der Waals surface area contributed by atoms with Crippen LogP contribution in [0.2, 0.25) is 0 Å². The van der Waals surface area contributed by atoms with Crippen LogP contribution in [0.4, 0.5) is 0 Å². The van der Waals surface area contributed by atoms with E-state index in [1.54, 1.807) is 21.0 Å². The molecule has 0 saturated carbocycles. The number of hydrogen-bond donors (Lipinski definition) is 0. The lowest BCUT2D eigenvalue weighted by atomic mass is 9.85. The molecule has 0 amide bonds. The average molecular weight is 747 g/mol. The fraction of sp³-hybridized carbons (Fsp3) is 0.600. The monoisotopic (exact) mass is 747 g/mol. The Labute approximate surface area is 334 Å². The highest BCUT2D eigenvalue weighted by Gasteiger charge is 2.22. The molecule has 4 rings (SSSR count). The maximum absolute atomic E-state index is 11.0. The van der Waals surface area contributed by atoms with Crippen molar-refractivity contribution in [2.75, 3.05) is 13.7 Å². The molecule has 0 fully saturated rings. The molecule has 0 bridgehead atoms. The van der Waals surface area contributed by atoms with Gasteiger partial charge in [0, 0.05) is 24.0 Å². The predicted octanol–water partition coefficient (Wildman–Crippen LogP) is 14.8. The zero-order valence-electron chi connectivity index (χ0n) is 37.6. The zero-order chi connectivity index (χ0) is 41.5. The Morgan fingerprint density at radius 1 is 0.815 bits per heavy atom. The lowest BCUT2D eigenvalue weighted by molar-refractivity contribution is -0.117. The summed E-state index contributed by atoms with van der Waals surface area (Å²) >= 11 is 0. The van der Waals surface area contributed by atoms with Crippen LogP contribution in [0, 0.1) is 18.8 Å². The van der Waals surface area contributed by atoms with E-state index in [4.69, 9.17) is 9.47 Å². The molecule has 1 aliphatic heterocycles. The van der Waals surface area contributed by atoms with Gasteiger partial charge in [0.05, 0.1) is 13.7 Å². The molecule has 0 N–H and O–H groups in total. The molecule has 4 heteroatoms. The summed E-state index contributed by atoms with van der Waals surface area (Å²) in [4.78, 5) is 21.3. The summed E-state index contributed by atoms with van der Waals surface area (Å²) < 4.78 is 11.3. The van der Waals surface area contributed by atoms with Crippen LogP contribution in [-0.2, 0) is 24.1 Å². The van der Waals surface area contributed by atoms with E-state index in [1.165, 1.54) is 67.2 Å². The second kappa shape index (κ2) is 33.0. The Bertz CT molecular complexity index is 1390. The molecule has 306 valence electrons.